The maximum absolute atomic E-state index is 13.9. The Labute approximate surface area is 152 Å². The monoisotopic (exact) mass is 380 g/mol. The standard InChI is InChI=1S/C18H15F3N2O2S/c1-10(24)22-13-5-2-11(3-6-13)18-23(15(25)9-26-18)8-12-4-7-14(19)17(21)16(12)20/h2-7,18H,8-9H2,1H3,(H,22,24). The van der Waals surface area contributed by atoms with E-state index in [9.17, 15) is 22.8 Å². The van der Waals surface area contributed by atoms with Gasteiger partial charge in [-0.3, -0.25) is 9.59 Å². The Bertz CT molecular complexity index is 858. The third kappa shape index (κ3) is 3.70. The number of hydrogen-bond acceptors (Lipinski definition) is 3. The van der Waals surface area contributed by atoms with Crippen molar-refractivity contribution in [2.24, 2.45) is 0 Å². The Morgan fingerprint density at radius 2 is 1.85 bits per heavy atom. The molecule has 26 heavy (non-hydrogen) atoms. The second-order valence-corrected chi connectivity index (χ2v) is 6.89. The molecule has 4 nitrogen and oxygen atoms in total. The Kier molecular flexibility index (Phi) is 5.22. The van der Waals surface area contributed by atoms with Gasteiger partial charge in [-0.1, -0.05) is 18.2 Å². The maximum atomic E-state index is 13.9. The van der Waals surface area contributed by atoms with Gasteiger partial charge in [-0.2, -0.15) is 0 Å². The molecular formula is C18H15F3N2O2S. The summed E-state index contributed by atoms with van der Waals surface area (Å²) >= 11 is 1.36. The maximum Gasteiger partial charge on any atom is 0.234 e. The lowest BCUT2D eigenvalue weighted by Gasteiger charge is -2.24. The van der Waals surface area contributed by atoms with E-state index in [0.29, 0.717) is 5.69 Å². The molecule has 1 atom stereocenters. The van der Waals surface area contributed by atoms with Crippen molar-refractivity contribution in [3.8, 4) is 0 Å². The van der Waals surface area contributed by atoms with Crippen LogP contribution in [0.25, 0.3) is 0 Å². The molecule has 1 fully saturated rings. The molecular weight excluding hydrogens is 365 g/mol. The van der Waals surface area contributed by atoms with Crippen molar-refractivity contribution in [2.45, 2.75) is 18.8 Å². The van der Waals surface area contributed by atoms with E-state index < -0.39 is 17.5 Å². The molecule has 3 rings (SSSR count). The fourth-order valence-corrected chi connectivity index (χ4v) is 3.89. The summed E-state index contributed by atoms with van der Waals surface area (Å²) < 4.78 is 40.5. The molecule has 1 unspecified atom stereocenters. The van der Waals surface area contributed by atoms with Gasteiger partial charge in [0.15, 0.2) is 17.5 Å². The fraction of sp³-hybridized carbons (Fsp3) is 0.222. The van der Waals surface area contributed by atoms with Crippen molar-refractivity contribution in [1.82, 2.24) is 4.90 Å². The minimum atomic E-state index is -1.54. The summed E-state index contributed by atoms with van der Waals surface area (Å²) in [5.41, 5.74) is 1.33. The van der Waals surface area contributed by atoms with Gasteiger partial charge in [0, 0.05) is 18.2 Å². The molecule has 1 aliphatic heterocycles. The van der Waals surface area contributed by atoms with E-state index in [-0.39, 0.29) is 35.0 Å². The number of carbonyl (C=O) groups excluding carboxylic acids is 2. The van der Waals surface area contributed by atoms with E-state index in [1.54, 1.807) is 24.3 Å². The van der Waals surface area contributed by atoms with Crippen molar-refractivity contribution in [3.05, 3.63) is 65.0 Å². The van der Waals surface area contributed by atoms with Gasteiger partial charge in [-0.15, -0.1) is 11.8 Å². The Hall–Kier alpha value is -2.48. The van der Waals surface area contributed by atoms with E-state index >= 15 is 0 Å². The molecule has 1 heterocycles. The highest BCUT2D eigenvalue weighted by atomic mass is 32.2. The molecule has 0 aromatic heterocycles. The number of nitrogens with one attached hydrogen (secondary N) is 1. The van der Waals surface area contributed by atoms with Crippen LogP contribution in [-0.2, 0) is 16.1 Å². The smallest absolute Gasteiger partial charge is 0.234 e. The average molecular weight is 380 g/mol. The Balaban J connectivity index is 1.83. The molecule has 1 aliphatic rings. The van der Waals surface area contributed by atoms with Crippen LogP contribution in [0, 0.1) is 17.5 Å². The van der Waals surface area contributed by atoms with Gasteiger partial charge in [0.25, 0.3) is 0 Å². The number of thioether (sulfide) groups is 1. The first-order valence-corrected chi connectivity index (χ1v) is 8.82. The van der Waals surface area contributed by atoms with Crippen LogP contribution in [0.2, 0.25) is 0 Å². The molecule has 0 saturated carbocycles. The predicted molar refractivity (Wildman–Crippen MR) is 92.8 cm³/mol. The Morgan fingerprint density at radius 3 is 2.50 bits per heavy atom. The van der Waals surface area contributed by atoms with Crippen LogP contribution in [0.1, 0.15) is 23.4 Å². The first kappa shape index (κ1) is 18.3. The summed E-state index contributed by atoms with van der Waals surface area (Å²) in [7, 11) is 0. The quantitative estimate of drug-likeness (QED) is 0.820. The normalized spacial score (nSPS) is 16.8. The van der Waals surface area contributed by atoms with Crippen LogP contribution in [0.4, 0.5) is 18.9 Å². The van der Waals surface area contributed by atoms with Crippen LogP contribution in [0.15, 0.2) is 36.4 Å². The number of hydrogen-bond donors (Lipinski definition) is 1. The van der Waals surface area contributed by atoms with Gasteiger partial charge >= 0.3 is 0 Å². The summed E-state index contributed by atoms with van der Waals surface area (Å²) in [4.78, 5) is 24.7. The lowest BCUT2D eigenvalue weighted by atomic mass is 10.1. The molecule has 0 aliphatic carbocycles. The van der Waals surface area contributed by atoms with Crippen LogP contribution in [0.3, 0.4) is 0 Å². The molecule has 1 saturated heterocycles. The van der Waals surface area contributed by atoms with Gasteiger partial charge in [0.05, 0.1) is 12.3 Å². The fourth-order valence-electron chi connectivity index (χ4n) is 2.71. The van der Waals surface area contributed by atoms with E-state index in [4.69, 9.17) is 0 Å². The lowest BCUT2D eigenvalue weighted by molar-refractivity contribution is -0.128. The molecule has 2 amide bonds. The third-order valence-electron chi connectivity index (χ3n) is 3.94. The SMILES string of the molecule is CC(=O)Nc1ccc(C2SCC(=O)N2Cc2ccc(F)c(F)c2F)cc1. The third-order valence-corrected chi connectivity index (χ3v) is 5.20. The summed E-state index contributed by atoms with van der Waals surface area (Å²) in [6.07, 6.45) is 0. The van der Waals surface area contributed by atoms with Crippen LogP contribution in [0.5, 0.6) is 0 Å². The molecule has 2 aromatic rings. The summed E-state index contributed by atoms with van der Waals surface area (Å²) in [6, 6.07) is 8.92. The van der Waals surface area contributed by atoms with E-state index in [1.165, 1.54) is 23.6 Å². The lowest BCUT2D eigenvalue weighted by Crippen LogP contribution is -2.28. The molecule has 0 spiro atoms. The van der Waals surface area contributed by atoms with Gasteiger partial charge in [-0.05, 0) is 23.8 Å². The second kappa shape index (κ2) is 7.41. The van der Waals surface area contributed by atoms with E-state index in [2.05, 4.69) is 5.32 Å². The first-order valence-electron chi connectivity index (χ1n) is 7.78. The number of carbonyl (C=O) groups is 2. The van der Waals surface area contributed by atoms with Gasteiger partial charge < -0.3 is 10.2 Å². The summed E-state index contributed by atoms with van der Waals surface area (Å²) in [5, 5.41) is 2.27. The first-order chi connectivity index (χ1) is 12.4. The van der Waals surface area contributed by atoms with E-state index in [0.717, 1.165) is 17.7 Å². The summed E-state index contributed by atoms with van der Waals surface area (Å²) in [6.45, 7) is 1.24. The number of halogens is 3. The second-order valence-electron chi connectivity index (χ2n) is 5.82. The van der Waals surface area contributed by atoms with Crippen LogP contribution < -0.4 is 5.32 Å². The van der Waals surface area contributed by atoms with Crippen molar-refractivity contribution < 1.29 is 22.8 Å². The van der Waals surface area contributed by atoms with Crippen LogP contribution >= 0.6 is 11.8 Å². The molecule has 0 radical (unpaired) electrons. The van der Waals surface area contributed by atoms with Crippen molar-refractivity contribution >= 4 is 29.3 Å². The molecule has 1 N–H and O–H groups in total. The predicted octanol–water partition coefficient (Wildman–Crippen LogP) is 3.84. The number of anilines is 1. The van der Waals surface area contributed by atoms with Gasteiger partial charge in [0.2, 0.25) is 11.8 Å². The molecule has 2 aromatic carbocycles. The summed E-state index contributed by atoms with van der Waals surface area (Å²) in [5.74, 6) is -4.29. The Morgan fingerprint density at radius 1 is 1.15 bits per heavy atom. The minimum Gasteiger partial charge on any atom is -0.326 e. The van der Waals surface area contributed by atoms with Crippen molar-refractivity contribution in [3.63, 3.8) is 0 Å². The largest absolute Gasteiger partial charge is 0.326 e. The average Bonchev–Trinajstić information content (AvgIpc) is 2.96. The topological polar surface area (TPSA) is 49.4 Å². The van der Waals surface area contributed by atoms with Gasteiger partial charge in [-0.25, -0.2) is 13.2 Å². The highest BCUT2D eigenvalue weighted by molar-refractivity contribution is 8.00. The number of nitrogens with zero attached hydrogens (tertiary/aromatic N) is 1. The zero-order valence-corrected chi connectivity index (χ0v) is 14.6. The number of rotatable bonds is 4. The minimum absolute atomic E-state index is 0.0837. The zero-order chi connectivity index (χ0) is 18.8. The highest BCUT2D eigenvalue weighted by Gasteiger charge is 2.33. The van der Waals surface area contributed by atoms with Crippen molar-refractivity contribution in [2.75, 3.05) is 11.1 Å². The zero-order valence-electron chi connectivity index (χ0n) is 13.8. The molecule has 136 valence electrons. The van der Waals surface area contributed by atoms with Crippen LogP contribution in [-0.4, -0.2) is 22.5 Å². The molecule has 8 heteroatoms. The molecule has 0 bridgehead atoms. The number of benzene rings is 2. The number of amides is 2. The van der Waals surface area contributed by atoms with E-state index in [1.807, 2.05) is 0 Å². The van der Waals surface area contributed by atoms with Gasteiger partial charge in [0.1, 0.15) is 5.37 Å². The van der Waals surface area contributed by atoms with Crippen molar-refractivity contribution in [1.29, 1.82) is 0 Å². The highest BCUT2D eigenvalue weighted by Crippen LogP contribution is 2.40.